The average molecular weight is 321 g/mol. The number of nitrogens with zero attached hydrogens (tertiary/aromatic N) is 1. The van der Waals surface area contributed by atoms with Gasteiger partial charge < -0.3 is 4.74 Å². The van der Waals surface area contributed by atoms with Crippen LogP contribution in [0.25, 0.3) is 10.6 Å². The number of ether oxygens (including phenoxy) is 1. The first-order valence-electron chi connectivity index (χ1n) is 7.06. The van der Waals surface area contributed by atoms with Crippen molar-refractivity contribution >= 4 is 29.1 Å². The zero-order chi connectivity index (χ0) is 15.1. The highest BCUT2D eigenvalue weighted by atomic mass is 32.2. The smallest absolute Gasteiger partial charge is 0.306 e. The SMILES string of the molecule is CCOC(=O)CCc1csc(-c2ccc(SCC)cc2)n1. The van der Waals surface area contributed by atoms with Gasteiger partial charge in [-0.3, -0.25) is 4.79 Å². The third-order valence-corrected chi connectivity index (χ3v) is 4.69. The van der Waals surface area contributed by atoms with Gasteiger partial charge in [0.25, 0.3) is 0 Å². The van der Waals surface area contributed by atoms with E-state index >= 15 is 0 Å². The number of rotatable bonds is 7. The molecule has 112 valence electrons. The lowest BCUT2D eigenvalue weighted by atomic mass is 10.2. The van der Waals surface area contributed by atoms with E-state index in [0.29, 0.717) is 19.4 Å². The van der Waals surface area contributed by atoms with Crippen molar-refractivity contribution in [2.24, 2.45) is 0 Å². The van der Waals surface area contributed by atoms with Gasteiger partial charge in [0.05, 0.1) is 18.7 Å². The van der Waals surface area contributed by atoms with Crippen LogP contribution in [-0.4, -0.2) is 23.3 Å². The van der Waals surface area contributed by atoms with Crippen LogP contribution in [0.5, 0.6) is 0 Å². The van der Waals surface area contributed by atoms with Crippen molar-refractivity contribution in [2.75, 3.05) is 12.4 Å². The predicted molar refractivity (Wildman–Crippen MR) is 88.9 cm³/mol. The second-order valence-corrected chi connectivity index (χ2v) is 6.60. The van der Waals surface area contributed by atoms with Gasteiger partial charge in [-0.25, -0.2) is 4.98 Å². The zero-order valence-electron chi connectivity index (χ0n) is 12.3. The number of benzene rings is 1. The molecule has 0 fully saturated rings. The Morgan fingerprint density at radius 1 is 1.29 bits per heavy atom. The van der Waals surface area contributed by atoms with Crippen molar-refractivity contribution in [1.82, 2.24) is 4.98 Å². The maximum atomic E-state index is 11.3. The van der Waals surface area contributed by atoms with Crippen LogP contribution >= 0.6 is 23.1 Å². The van der Waals surface area contributed by atoms with E-state index in [1.807, 2.05) is 24.1 Å². The third kappa shape index (κ3) is 4.86. The molecule has 2 aromatic rings. The van der Waals surface area contributed by atoms with E-state index in [1.54, 1.807) is 11.3 Å². The lowest BCUT2D eigenvalue weighted by Gasteiger charge is -2.00. The van der Waals surface area contributed by atoms with Crippen LogP contribution in [0.2, 0.25) is 0 Å². The lowest BCUT2D eigenvalue weighted by molar-refractivity contribution is -0.143. The van der Waals surface area contributed by atoms with Crippen molar-refractivity contribution in [2.45, 2.75) is 31.6 Å². The minimum atomic E-state index is -0.159. The summed E-state index contributed by atoms with van der Waals surface area (Å²) in [5.41, 5.74) is 2.08. The molecular weight excluding hydrogens is 302 g/mol. The van der Waals surface area contributed by atoms with Gasteiger partial charge in [0.1, 0.15) is 5.01 Å². The van der Waals surface area contributed by atoms with Gasteiger partial charge in [-0.15, -0.1) is 23.1 Å². The number of thioether (sulfide) groups is 1. The Balaban J connectivity index is 1.97. The van der Waals surface area contributed by atoms with E-state index in [1.165, 1.54) is 4.90 Å². The predicted octanol–water partition coefficient (Wildman–Crippen LogP) is 4.42. The minimum Gasteiger partial charge on any atom is -0.466 e. The topological polar surface area (TPSA) is 39.2 Å². The average Bonchev–Trinajstić information content (AvgIpc) is 2.95. The summed E-state index contributed by atoms with van der Waals surface area (Å²) in [7, 11) is 0. The summed E-state index contributed by atoms with van der Waals surface area (Å²) in [5, 5.41) is 3.02. The second-order valence-electron chi connectivity index (χ2n) is 4.41. The molecule has 0 atom stereocenters. The number of esters is 1. The Bertz CT molecular complexity index is 578. The first-order valence-corrected chi connectivity index (χ1v) is 8.92. The van der Waals surface area contributed by atoms with Crippen molar-refractivity contribution in [1.29, 1.82) is 0 Å². The summed E-state index contributed by atoms with van der Waals surface area (Å²) in [4.78, 5) is 17.2. The van der Waals surface area contributed by atoms with Crippen molar-refractivity contribution < 1.29 is 9.53 Å². The molecule has 0 aliphatic rings. The molecule has 2 rings (SSSR count). The standard InChI is InChI=1S/C16H19NO2S2/c1-3-19-15(18)10-7-13-11-21-16(17-13)12-5-8-14(9-6-12)20-4-2/h5-6,8-9,11H,3-4,7,10H2,1-2H3. The Kier molecular flexibility index (Phi) is 6.26. The van der Waals surface area contributed by atoms with E-state index in [9.17, 15) is 4.79 Å². The molecular formula is C16H19NO2S2. The summed E-state index contributed by atoms with van der Waals surface area (Å²) in [6.07, 6.45) is 1.03. The number of hydrogen-bond acceptors (Lipinski definition) is 5. The number of hydrogen-bond donors (Lipinski definition) is 0. The Morgan fingerprint density at radius 2 is 2.05 bits per heavy atom. The molecule has 1 aromatic heterocycles. The van der Waals surface area contributed by atoms with E-state index in [2.05, 4.69) is 36.2 Å². The number of aryl methyl sites for hydroxylation is 1. The van der Waals surface area contributed by atoms with E-state index in [4.69, 9.17) is 4.74 Å². The molecule has 0 aliphatic heterocycles. The molecule has 0 unspecified atom stereocenters. The quantitative estimate of drug-likeness (QED) is 0.559. The summed E-state index contributed by atoms with van der Waals surface area (Å²) in [5.74, 6) is 0.919. The normalized spacial score (nSPS) is 10.6. The second kappa shape index (κ2) is 8.20. The molecule has 0 saturated heterocycles. The van der Waals surface area contributed by atoms with Gasteiger partial charge in [-0.2, -0.15) is 0 Å². The van der Waals surface area contributed by atoms with Crippen LogP contribution in [0, 0.1) is 0 Å². The number of carbonyl (C=O) groups excluding carboxylic acids is 1. The molecule has 0 amide bonds. The Hall–Kier alpha value is -1.33. The fourth-order valence-electron chi connectivity index (χ4n) is 1.88. The van der Waals surface area contributed by atoms with Crippen LogP contribution in [0.4, 0.5) is 0 Å². The van der Waals surface area contributed by atoms with Crippen LogP contribution in [-0.2, 0) is 16.0 Å². The monoisotopic (exact) mass is 321 g/mol. The van der Waals surface area contributed by atoms with E-state index in [-0.39, 0.29) is 5.97 Å². The maximum absolute atomic E-state index is 11.3. The number of thiazole rings is 1. The first-order chi connectivity index (χ1) is 10.2. The lowest BCUT2D eigenvalue weighted by Crippen LogP contribution is -2.05. The summed E-state index contributed by atoms with van der Waals surface area (Å²) in [6.45, 7) is 4.40. The molecule has 0 bridgehead atoms. The summed E-state index contributed by atoms with van der Waals surface area (Å²) >= 11 is 3.45. The third-order valence-electron chi connectivity index (χ3n) is 2.85. The van der Waals surface area contributed by atoms with Crippen molar-refractivity contribution in [3.05, 3.63) is 35.3 Å². The molecule has 0 aliphatic carbocycles. The molecule has 0 radical (unpaired) electrons. The van der Waals surface area contributed by atoms with Gasteiger partial charge in [0.15, 0.2) is 0 Å². The fourth-order valence-corrected chi connectivity index (χ4v) is 3.40. The molecule has 1 heterocycles. The van der Waals surface area contributed by atoms with Gasteiger partial charge in [-0.1, -0.05) is 19.1 Å². The van der Waals surface area contributed by atoms with Gasteiger partial charge in [0, 0.05) is 22.3 Å². The maximum Gasteiger partial charge on any atom is 0.306 e. The Labute approximate surface area is 133 Å². The largest absolute Gasteiger partial charge is 0.466 e. The van der Waals surface area contributed by atoms with E-state index in [0.717, 1.165) is 22.0 Å². The van der Waals surface area contributed by atoms with Crippen LogP contribution in [0.1, 0.15) is 26.0 Å². The van der Waals surface area contributed by atoms with Gasteiger partial charge in [0.2, 0.25) is 0 Å². The summed E-state index contributed by atoms with van der Waals surface area (Å²) in [6, 6.07) is 8.46. The molecule has 1 aromatic carbocycles. The van der Waals surface area contributed by atoms with Crippen molar-refractivity contribution in [3.63, 3.8) is 0 Å². The van der Waals surface area contributed by atoms with Gasteiger partial charge in [-0.05, 0) is 24.8 Å². The molecule has 5 heteroatoms. The highest BCUT2D eigenvalue weighted by Crippen LogP contribution is 2.27. The van der Waals surface area contributed by atoms with Crippen molar-refractivity contribution in [3.8, 4) is 10.6 Å². The van der Waals surface area contributed by atoms with Crippen LogP contribution in [0.15, 0.2) is 34.5 Å². The number of aromatic nitrogens is 1. The molecule has 0 N–H and O–H groups in total. The number of carbonyl (C=O) groups is 1. The Morgan fingerprint density at radius 3 is 2.71 bits per heavy atom. The zero-order valence-corrected chi connectivity index (χ0v) is 13.9. The minimum absolute atomic E-state index is 0.159. The summed E-state index contributed by atoms with van der Waals surface area (Å²) < 4.78 is 4.93. The van der Waals surface area contributed by atoms with E-state index < -0.39 is 0 Å². The molecule has 0 spiro atoms. The highest BCUT2D eigenvalue weighted by molar-refractivity contribution is 7.99. The highest BCUT2D eigenvalue weighted by Gasteiger charge is 2.08. The van der Waals surface area contributed by atoms with Gasteiger partial charge >= 0.3 is 5.97 Å². The molecule has 21 heavy (non-hydrogen) atoms. The fraction of sp³-hybridized carbons (Fsp3) is 0.375. The molecule has 3 nitrogen and oxygen atoms in total. The van der Waals surface area contributed by atoms with Crippen LogP contribution < -0.4 is 0 Å². The molecule has 0 saturated carbocycles. The van der Waals surface area contributed by atoms with Crippen LogP contribution in [0.3, 0.4) is 0 Å². The first kappa shape index (κ1) is 16.0.